The Morgan fingerprint density at radius 1 is 0.280 bits per heavy atom. The first-order valence-electron chi connectivity index (χ1n) is 17.4. The molecule has 50 heavy (non-hydrogen) atoms. The zero-order chi connectivity index (χ0) is 34.2. The molecular formula is C48H40Sb2. The van der Waals surface area contributed by atoms with E-state index in [4.69, 9.17) is 0 Å². The van der Waals surface area contributed by atoms with Crippen molar-refractivity contribution in [3.05, 3.63) is 192 Å². The number of aryl methyl sites for hydroxylation is 4. The number of hydrogen-bond acceptors (Lipinski definition) is 0. The van der Waals surface area contributed by atoms with Gasteiger partial charge in [0.25, 0.3) is 0 Å². The topological polar surface area (TPSA) is 0 Å². The second-order valence-corrected chi connectivity index (χ2v) is 25.8. The first-order chi connectivity index (χ1) is 24.4. The minimum absolute atomic E-state index is 1.30. The molecule has 8 aromatic rings. The summed E-state index contributed by atoms with van der Waals surface area (Å²) in [7, 11) is 0. The molecule has 0 aliphatic heterocycles. The van der Waals surface area contributed by atoms with Crippen LogP contribution >= 0.6 is 0 Å². The molecule has 2 heteroatoms. The van der Waals surface area contributed by atoms with Gasteiger partial charge >= 0.3 is 314 Å². The maximum absolute atomic E-state index is 2.58. The molecule has 0 aromatic heterocycles. The van der Waals surface area contributed by atoms with Gasteiger partial charge in [0.2, 0.25) is 0 Å². The molecule has 0 N–H and O–H groups in total. The molecule has 0 nitrogen and oxygen atoms in total. The van der Waals surface area contributed by atoms with Gasteiger partial charge in [-0.1, -0.05) is 0 Å². The van der Waals surface area contributed by atoms with Gasteiger partial charge in [-0.3, -0.25) is 0 Å². The first kappa shape index (κ1) is 33.1. The van der Waals surface area contributed by atoms with Gasteiger partial charge in [0.15, 0.2) is 0 Å². The van der Waals surface area contributed by atoms with Crippen molar-refractivity contribution in [2.45, 2.75) is 27.7 Å². The number of hydrogen-bond donors (Lipinski definition) is 0. The van der Waals surface area contributed by atoms with Gasteiger partial charge in [0, 0.05) is 0 Å². The molecule has 0 amide bonds. The monoisotopic (exact) mass is 858 g/mol. The average Bonchev–Trinajstić information content (AvgIpc) is 3.15. The molecule has 8 rings (SSSR count). The van der Waals surface area contributed by atoms with Crippen molar-refractivity contribution in [1.29, 1.82) is 0 Å². The van der Waals surface area contributed by atoms with Crippen LogP contribution in [0.1, 0.15) is 22.3 Å². The Hall–Kier alpha value is -4.08. The Kier molecular flexibility index (Phi) is 9.44. The van der Waals surface area contributed by atoms with Gasteiger partial charge in [-0.15, -0.1) is 0 Å². The van der Waals surface area contributed by atoms with Gasteiger partial charge in [-0.2, -0.15) is 0 Å². The SMILES string of the molecule is Cc1cc[c]([Sb]([c]2ccc(C)cc2)[c]2ccc3ccccc3c2-c2[c]([Sb]([c]3ccc(C)cc3)[c]3ccc(C)cc3)ccc3ccccc23)cc1. The number of rotatable bonds is 7. The summed E-state index contributed by atoms with van der Waals surface area (Å²) in [5.41, 5.74) is 8.10. The third kappa shape index (κ3) is 6.46. The van der Waals surface area contributed by atoms with Crippen molar-refractivity contribution in [3.8, 4) is 11.1 Å². The summed E-state index contributed by atoms with van der Waals surface area (Å²) in [5, 5.41) is 5.30. The normalized spacial score (nSPS) is 11.6. The molecule has 0 aliphatic rings. The summed E-state index contributed by atoms with van der Waals surface area (Å²) in [6, 6.07) is 65.8. The molecule has 0 saturated heterocycles. The van der Waals surface area contributed by atoms with Crippen LogP contribution < -0.4 is 21.1 Å². The van der Waals surface area contributed by atoms with Gasteiger partial charge in [0.1, 0.15) is 0 Å². The van der Waals surface area contributed by atoms with Crippen molar-refractivity contribution in [2.24, 2.45) is 0 Å². The van der Waals surface area contributed by atoms with Crippen LogP contribution in [0.2, 0.25) is 0 Å². The van der Waals surface area contributed by atoms with Crippen LogP contribution in [0.15, 0.2) is 170 Å². The van der Waals surface area contributed by atoms with Crippen LogP contribution in [-0.2, 0) is 0 Å². The molecule has 0 spiro atoms. The van der Waals surface area contributed by atoms with E-state index in [9.17, 15) is 0 Å². The third-order valence-electron chi connectivity index (χ3n) is 9.71. The summed E-state index contributed by atoms with van der Waals surface area (Å²) in [6.45, 7) is 8.79. The van der Waals surface area contributed by atoms with Crippen LogP contribution in [0.5, 0.6) is 0 Å². The third-order valence-corrected chi connectivity index (χ3v) is 23.9. The van der Waals surface area contributed by atoms with E-state index in [0.717, 1.165) is 0 Å². The molecule has 0 aliphatic carbocycles. The maximum atomic E-state index is 2.50. The van der Waals surface area contributed by atoms with E-state index in [-0.39, 0.29) is 0 Å². The summed E-state index contributed by atoms with van der Waals surface area (Å²) in [4.78, 5) is 0. The van der Waals surface area contributed by atoms with E-state index in [1.54, 1.807) is 0 Å². The van der Waals surface area contributed by atoms with Gasteiger partial charge in [-0.05, 0) is 0 Å². The fraction of sp³-hybridized carbons (Fsp3) is 0.0833. The van der Waals surface area contributed by atoms with Crippen LogP contribution in [0.25, 0.3) is 32.7 Å². The number of benzene rings is 8. The van der Waals surface area contributed by atoms with E-state index in [0.29, 0.717) is 0 Å². The summed E-state index contributed by atoms with van der Waals surface area (Å²) >= 11 is -5.16. The first-order valence-corrected chi connectivity index (χ1v) is 25.0. The molecular weight excluding hydrogens is 820 g/mol. The molecule has 0 atom stereocenters. The molecule has 0 unspecified atom stereocenters. The van der Waals surface area contributed by atoms with Crippen molar-refractivity contribution in [3.63, 3.8) is 0 Å². The van der Waals surface area contributed by atoms with Gasteiger partial charge in [0.05, 0.1) is 0 Å². The zero-order valence-electron chi connectivity index (χ0n) is 29.1. The molecule has 0 fully saturated rings. The fourth-order valence-electron chi connectivity index (χ4n) is 7.05. The molecule has 0 heterocycles. The summed E-state index contributed by atoms with van der Waals surface area (Å²) < 4.78 is 9.05. The minimum atomic E-state index is -2.58. The van der Waals surface area contributed by atoms with Gasteiger partial charge in [-0.25, -0.2) is 0 Å². The summed E-state index contributed by atoms with van der Waals surface area (Å²) in [5.74, 6) is 0. The molecule has 0 radical (unpaired) electrons. The fourth-order valence-corrected chi connectivity index (χ4v) is 20.9. The Balaban J connectivity index is 1.51. The standard InChI is InChI=1S/C20H12.4C7H7.2Sb/c1-3-11-17-15(7-1)9-5-13-19(17)20-14-6-10-16-8-2-4-12-18(16)20;4*1-7-5-3-2-4-6-7;;/h1-12H;4*3-6H,1H3;;. The van der Waals surface area contributed by atoms with E-state index < -0.39 is 40.4 Å². The van der Waals surface area contributed by atoms with Crippen molar-refractivity contribution in [1.82, 2.24) is 0 Å². The predicted octanol–water partition coefficient (Wildman–Crippen LogP) is 7.93. The predicted molar refractivity (Wildman–Crippen MR) is 221 cm³/mol. The Morgan fingerprint density at radius 2 is 0.560 bits per heavy atom. The Bertz CT molecular complexity index is 2170. The van der Waals surface area contributed by atoms with Crippen LogP contribution in [0.4, 0.5) is 0 Å². The average molecular weight is 860 g/mol. The van der Waals surface area contributed by atoms with E-state index >= 15 is 0 Å². The summed E-state index contributed by atoms with van der Waals surface area (Å²) in [6.07, 6.45) is 0. The van der Waals surface area contributed by atoms with Crippen LogP contribution in [0, 0.1) is 27.7 Å². The Morgan fingerprint density at radius 3 is 0.860 bits per heavy atom. The van der Waals surface area contributed by atoms with E-state index in [1.807, 2.05) is 0 Å². The van der Waals surface area contributed by atoms with Crippen molar-refractivity contribution < 1.29 is 0 Å². The second kappa shape index (κ2) is 14.3. The van der Waals surface area contributed by atoms with Gasteiger partial charge < -0.3 is 0 Å². The van der Waals surface area contributed by atoms with Crippen molar-refractivity contribution >= 4 is 83.0 Å². The van der Waals surface area contributed by atoms with Crippen LogP contribution in [-0.4, -0.2) is 40.4 Å². The van der Waals surface area contributed by atoms with E-state index in [1.165, 1.54) is 76.0 Å². The quantitative estimate of drug-likeness (QED) is 0.143. The van der Waals surface area contributed by atoms with Crippen LogP contribution in [0.3, 0.4) is 0 Å². The molecule has 0 bridgehead atoms. The van der Waals surface area contributed by atoms with Crippen molar-refractivity contribution in [2.75, 3.05) is 0 Å². The second-order valence-electron chi connectivity index (χ2n) is 13.4. The Labute approximate surface area is 311 Å². The zero-order valence-corrected chi connectivity index (χ0v) is 34.2. The number of fused-ring (bicyclic) bond motifs is 2. The molecule has 8 aromatic carbocycles. The van der Waals surface area contributed by atoms with E-state index in [2.05, 4.69) is 198 Å². The molecule has 242 valence electrons. The molecule has 0 saturated carbocycles.